The van der Waals surface area contributed by atoms with Gasteiger partial charge in [-0.3, -0.25) is 19.4 Å². The number of hydrogen-bond donors (Lipinski definition) is 4. The number of pyridine rings is 1. The molecule has 0 aliphatic heterocycles. The fourth-order valence-corrected chi connectivity index (χ4v) is 6.77. The largest absolute Gasteiger partial charge is 0.481 e. The average Bonchev–Trinajstić information content (AvgIpc) is 3.15. The minimum Gasteiger partial charge on any atom is -0.481 e. The second-order valence-electron chi connectivity index (χ2n) is 13.1. The molecule has 1 heterocycles. The molecule has 0 aliphatic rings. The van der Waals surface area contributed by atoms with E-state index in [1.165, 1.54) is 50.4 Å². The summed E-state index contributed by atoms with van der Waals surface area (Å²) in [6, 6.07) is 10.2. The molecule has 55 heavy (non-hydrogen) atoms. The van der Waals surface area contributed by atoms with Gasteiger partial charge in [0.2, 0.25) is 5.91 Å². The summed E-state index contributed by atoms with van der Waals surface area (Å²) in [6.45, 7) is 1.21. The van der Waals surface area contributed by atoms with Crippen molar-refractivity contribution < 1.29 is 56.8 Å². The number of unbranched alkanes of at least 4 members (excludes halogenated alkanes) is 10. The Morgan fingerprint density at radius 3 is 1.82 bits per heavy atom. The number of nitrogens with one attached hydrogen (secondary N) is 2. The molecule has 4 N–H and O–H groups in total. The lowest BCUT2D eigenvalue weighted by molar-refractivity contribution is -0.143. The Morgan fingerprint density at radius 1 is 0.636 bits per heavy atom. The summed E-state index contributed by atoms with van der Waals surface area (Å²) in [7, 11) is -3.63. The van der Waals surface area contributed by atoms with Crippen LogP contribution in [0.3, 0.4) is 0 Å². The smallest absolute Gasteiger partial charge is 0.329 e. The van der Waals surface area contributed by atoms with E-state index >= 15 is 0 Å². The van der Waals surface area contributed by atoms with Crippen molar-refractivity contribution in [3.63, 3.8) is 0 Å². The lowest BCUT2D eigenvalue weighted by Gasteiger charge is -2.09. The third-order valence-corrected chi connectivity index (χ3v) is 9.99. The molecule has 2 amide bonds. The number of aryl methyl sites for hydroxylation is 1. The van der Waals surface area contributed by atoms with Gasteiger partial charge in [0.15, 0.2) is 9.84 Å². The molecule has 0 atom stereocenters. The molecule has 1 aromatic heterocycles. The van der Waals surface area contributed by atoms with Gasteiger partial charge in [0.1, 0.15) is 13.2 Å². The Kier molecular flexibility index (Phi) is 25.2. The van der Waals surface area contributed by atoms with Crippen LogP contribution in [0.4, 0.5) is 0 Å². The first kappa shape index (κ1) is 47.2. The Labute approximate surface area is 324 Å². The van der Waals surface area contributed by atoms with Gasteiger partial charge in [-0.2, -0.15) is 0 Å². The standard InChI is InChI=1S/C39H59N3O12S/c43-36(40-19-21-51-24-26-54-30-38(46)47)29-53-25-23-52-22-20-41-39(48)33-17-18-34(42-28-33)31-55(49,50)35-15-12-14-32(27-35)13-10-8-6-4-2-1-3-5-7-9-11-16-37(44)45/h12,14-15,17-18,27-28H,1-11,13,16,19-26,29-31H2,(H,40,43)(H,41,48)(H,44,45)(H,46,47). The van der Waals surface area contributed by atoms with Gasteiger partial charge < -0.3 is 39.8 Å². The molecule has 0 saturated carbocycles. The number of rotatable bonds is 34. The van der Waals surface area contributed by atoms with Crippen molar-refractivity contribution in [1.29, 1.82) is 0 Å². The van der Waals surface area contributed by atoms with E-state index in [0.29, 0.717) is 11.3 Å². The summed E-state index contributed by atoms with van der Waals surface area (Å²) >= 11 is 0. The molecule has 2 aromatic rings. The highest BCUT2D eigenvalue weighted by Crippen LogP contribution is 2.19. The molecule has 0 fully saturated rings. The van der Waals surface area contributed by atoms with Crippen LogP contribution in [0.1, 0.15) is 98.7 Å². The predicted octanol–water partition coefficient (Wildman–Crippen LogP) is 4.36. The molecule has 0 radical (unpaired) electrons. The summed E-state index contributed by atoms with van der Waals surface area (Å²) in [6.07, 6.45) is 14.5. The van der Waals surface area contributed by atoms with Crippen molar-refractivity contribution in [3.8, 4) is 0 Å². The van der Waals surface area contributed by atoms with Crippen LogP contribution in [0.25, 0.3) is 0 Å². The molecule has 15 nitrogen and oxygen atoms in total. The molecule has 2 rings (SSSR count). The molecule has 0 unspecified atom stereocenters. The third kappa shape index (κ3) is 24.2. The van der Waals surface area contributed by atoms with Gasteiger partial charge in [-0.1, -0.05) is 69.9 Å². The van der Waals surface area contributed by atoms with Crippen LogP contribution in [0, 0.1) is 0 Å². The molecular formula is C39H59N3O12S. The Morgan fingerprint density at radius 2 is 1.22 bits per heavy atom. The van der Waals surface area contributed by atoms with Gasteiger partial charge in [-0.15, -0.1) is 0 Å². The van der Waals surface area contributed by atoms with E-state index in [4.69, 9.17) is 29.2 Å². The van der Waals surface area contributed by atoms with Crippen molar-refractivity contribution >= 4 is 33.6 Å². The van der Waals surface area contributed by atoms with Crippen LogP contribution < -0.4 is 10.6 Å². The zero-order valence-corrected chi connectivity index (χ0v) is 32.7. The molecular weight excluding hydrogens is 735 g/mol. The molecule has 0 bridgehead atoms. The van der Waals surface area contributed by atoms with Crippen LogP contribution in [-0.2, 0) is 55.3 Å². The number of sulfone groups is 1. The number of nitrogens with zero attached hydrogens (tertiary/aromatic N) is 1. The van der Waals surface area contributed by atoms with Crippen LogP contribution in [0.15, 0.2) is 47.5 Å². The molecule has 1 aromatic carbocycles. The highest BCUT2D eigenvalue weighted by atomic mass is 32.2. The molecule has 0 saturated heterocycles. The van der Waals surface area contributed by atoms with E-state index in [9.17, 15) is 27.6 Å². The number of carboxylic acid groups (broad SMARTS) is 2. The number of aliphatic carboxylic acids is 2. The Bertz CT molecular complexity index is 1510. The monoisotopic (exact) mass is 793 g/mol. The van der Waals surface area contributed by atoms with E-state index in [2.05, 4.69) is 15.6 Å². The molecule has 16 heteroatoms. The van der Waals surface area contributed by atoms with Gasteiger partial charge in [0.05, 0.1) is 61.5 Å². The summed E-state index contributed by atoms with van der Waals surface area (Å²) < 4.78 is 47.1. The van der Waals surface area contributed by atoms with Gasteiger partial charge in [-0.25, -0.2) is 13.2 Å². The van der Waals surface area contributed by atoms with Crippen molar-refractivity contribution in [3.05, 3.63) is 59.4 Å². The van der Waals surface area contributed by atoms with Gasteiger partial charge >= 0.3 is 11.9 Å². The van der Waals surface area contributed by atoms with Gasteiger partial charge in [-0.05, 0) is 49.1 Å². The van der Waals surface area contributed by atoms with Crippen LogP contribution in [-0.4, -0.2) is 113 Å². The molecule has 0 spiro atoms. The number of ether oxygens (including phenoxy) is 4. The first-order chi connectivity index (χ1) is 26.6. The number of carbonyl (C=O) groups excluding carboxylic acids is 2. The first-order valence-electron chi connectivity index (χ1n) is 19.1. The maximum atomic E-state index is 13.2. The number of amides is 2. The zero-order chi connectivity index (χ0) is 40.0. The van der Waals surface area contributed by atoms with E-state index in [1.807, 2.05) is 6.07 Å². The number of hydrogen-bond acceptors (Lipinski definition) is 11. The van der Waals surface area contributed by atoms with E-state index in [-0.39, 0.29) is 94.8 Å². The Hall–Kier alpha value is -3.96. The second-order valence-corrected chi connectivity index (χ2v) is 15.0. The minimum absolute atomic E-state index is 0.148. The zero-order valence-electron chi connectivity index (χ0n) is 31.8. The topological polar surface area (TPSA) is 217 Å². The van der Waals surface area contributed by atoms with Crippen molar-refractivity contribution in [2.24, 2.45) is 0 Å². The highest BCUT2D eigenvalue weighted by molar-refractivity contribution is 7.90. The summed E-state index contributed by atoms with van der Waals surface area (Å²) in [4.78, 5) is 49.6. The summed E-state index contributed by atoms with van der Waals surface area (Å²) in [5.74, 6) is -2.73. The third-order valence-electron chi connectivity index (χ3n) is 8.34. The Balaban J connectivity index is 1.54. The maximum absolute atomic E-state index is 13.2. The van der Waals surface area contributed by atoms with Crippen molar-refractivity contribution in [2.45, 2.75) is 94.1 Å². The van der Waals surface area contributed by atoms with E-state index in [1.54, 1.807) is 18.2 Å². The molecule has 308 valence electrons. The van der Waals surface area contributed by atoms with E-state index in [0.717, 1.165) is 50.5 Å². The first-order valence-corrected chi connectivity index (χ1v) is 20.8. The predicted molar refractivity (Wildman–Crippen MR) is 205 cm³/mol. The minimum atomic E-state index is -3.63. The van der Waals surface area contributed by atoms with Crippen LogP contribution in [0.2, 0.25) is 0 Å². The average molecular weight is 794 g/mol. The number of carbonyl (C=O) groups is 4. The van der Waals surface area contributed by atoms with Gasteiger partial charge in [0.25, 0.3) is 5.91 Å². The van der Waals surface area contributed by atoms with Crippen molar-refractivity contribution in [2.75, 3.05) is 65.9 Å². The van der Waals surface area contributed by atoms with E-state index < -0.39 is 21.8 Å². The highest BCUT2D eigenvalue weighted by Gasteiger charge is 2.17. The van der Waals surface area contributed by atoms with Crippen LogP contribution >= 0.6 is 0 Å². The lowest BCUT2D eigenvalue weighted by atomic mass is 10.0. The quantitative estimate of drug-likeness (QED) is 0.0726. The normalized spacial score (nSPS) is 11.3. The maximum Gasteiger partial charge on any atom is 0.329 e. The van der Waals surface area contributed by atoms with Crippen molar-refractivity contribution in [1.82, 2.24) is 15.6 Å². The fourth-order valence-electron chi connectivity index (χ4n) is 5.43. The second kappa shape index (κ2) is 29.3. The van der Waals surface area contributed by atoms with Gasteiger partial charge in [0, 0.05) is 25.7 Å². The lowest BCUT2D eigenvalue weighted by Crippen LogP contribution is -2.31. The SMILES string of the molecule is O=C(O)CCCCCCCCCCCCCc1cccc(S(=O)(=O)Cc2ccc(C(=O)NCCOCCOCC(=O)NCCOCCOCC(=O)O)cn2)c1. The number of carboxylic acids is 2. The van der Waals surface area contributed by atoms with Crippen LogP contribution in [0.5, 0.6) is 0 Å². The summed E-state index contributed by atoms with van der Waals surface area (Å²) in [5, 5.41) is 22.5. The number of benzene rings is 1. The fraction of sp³-hybridized carbons (Fsp3) is 0.615. The number of aromatic nitrogens is 1. The summed E-state index contributed by atoms with van der Waals surface area (Å²) in [5.41, 5.74) is 1.62. The molecule has 0 aliphatic carbocycles.